The predicted octanol–water partition coefficient (Wildman–Crippen LogP) is -0.448. The summed E-state index contributed by atoms with van der Waals surface area (Å²) in [7, 11) is 1.67. The minimum atomic E-state index is 0.236. The summed E-state index contributed by atoms with van der Waals surface area (Å²) in [5.41, 5.74) is 0. The maximum absolute atomic E-state index is 12.4. The standard InChI is InChI=1S/C22H35N3O3/c1-18-5-3-4-6-21(18)23-22(26)17-25-13-11-24(12-14-25)15-16-28-20-9-7-19(27-2)8-10-20/h7-10,18,21H,3-6,11-17H2,1-2H3,(H,23,26)/p+2/t18-,21+/m0/s1. The van der Waals surface area contributed by atoms with Gasteiger partial charge in [0.2, 0.25) is 0 Å². The summed E-state index contributed by atoms with van der Waals surface area (Å²) < 4.78 is 11.0. The molecule has 1 aromatic rings. The molecule has 0 bridgehead atoms. The molecular weight excluding hydrogens is 354 g/mol. The van der Waals surface area contributed by atoms with Crippen LogP contribution in [0.15, 0.2) is 24.3 Å². The maximum Gasteiger partial charge on any atom is 0.275 e. The molecule has 2 fully saturated rings. The lowest BCUT2D eigenvalue weighted by Crippen LogP contribution is -3.28. The molecule has 0 unspecified atom stereocenters. The number of nitrogens with one attached hydrogen (secondary N) is 3. The summed E-state index contributed by atoms with van der Waals surface area (Å²) in [5, 5.41) is 3.29. The van der Waals surface area contributed by atoms with Crippen LogP contribution in [0.3, 0.4) is 0 Å². The Hall–Kier alpha value is -1.79. The van der Waals surface area contributed by atoms with E-state index in [-0.39, 0.29) is 5.91 Å². The normalized spacial score (nSPS) is 27.8. The number of ether oxygens (including phenoxy) is 2. The fourth-order valence-corrected chi connectivity index (χ4v) is 4.38. The quantitative estimate of drug-likeness (QED) is 0.563. The van der Waals surface area contributed by atoms with Crippen LogP contribution in [0.1, 0.15) is 32.6 Å². The SMILES string of the molecule is COc1ccc(OCC[NH+]2CC[NH+](CC(=O)N[C@@H]3CCCC[C@@H]3C)CC2)cc1. The number of rotatable bonds is 8. The van der Waals surface area contributed by atoms with Crippen molar-refractivity contribution in [2.45, 2.75) is 38.6 Å². The van der Waals surface area contributed by atoms with Gasteiger partial charge in [0.05, 0.1) is 7.11 Å². The Morgan fingerprint density at radius 2 is 1.68 bits per heavy atom. The Morgan fingerprint density at radius 3 is 2.36 bits per heavy atom. The van der Waals surface area contributed by atoms with Crippen LogP contribution in [0, 0.1) is 5.92 Å². The van der Waals surface area contributed by atoms with Crippen LogP contribution < -0.4 is 24.6 Å². The van der Waals surface area contributed by atoms with Crippen molar-refractivity contribution in [2.75, 3.05) is 53.0 Å². The molecule has 0 radical (unpaired) electrons. The van der Waals surface area contributed by atoms with Gasteiger partial charge in [-0.05, 0) is 43.0 Å². The van der Waals surface area contributed by atoms with Crippen molar-refractivity contribution in [3.8, 4) is 11.5 Å². The molecule has 156 valence electrons. The summed E-state index contributed by atoms with van der Waals surface area (Å²) in [6, 6.07) is 8.12. The minimum absolute atomic E-state index is 0.236. The number of hydrogen-bond donors (Lipinski definition) is 3. The number of quaternary nitrogens is 2. The molecule has 0 spiro atoms. The van der Waals surface area contributed by atoms with Gasteiger partial charge in [0, 0.05) is 6.04 Å². The zero-order valence-electron chi connectivity index (χ0n) is 17.5. The maximum atomic E-state index is 12.4. The lowest BCUT2D eigenvalue weighted by Gasteiger charge is -2.32. The average Bonchev–Trinajstić information content (AvgIpc) is 2.71. The lowest BCUT2D eigenvalue weighted by molar-refractivity contribution is -1.01. The van der Waals surface area contributed by atoms with Gasteiger partial charge in [-0.25, -0.2) is 0 Å². The van der Waals surface area contributed by atoms with Crippen LogP contribution >= 0.6 is 0 Å². The first-order valence-electron chi connectivity index (χ1n) is 10.9. The van der Waals surface area contributed by atoms with Gasteiger partial charge in [-0.3, -0.25) is 4.79 Å². The highest BCUT2D eigenvalue weighted by molar-refractivity contribution is 5.77. The van der Waals surface area contributed by atoms with Crippen LogP contribution in [0.25, 0.3) is 0 Å². The Balaban J connectivity index is 1.30. The van der Waals surface area contributed by atoms with Crippen molar-refractivity contribution in [3.05, 3.63) is 24.3 Å². The molecule has 2 aliphatic rings. The summed E-state index contributed by atoms with van der Waals surface area (Å²) in [6.45, 7) is 8.95. The fourth-order valence-electron chi connectivity index (χ4n) is 4.38. The van der Waals surface area contributed by atoms with Gasteiger partial charge in [0.25, 0.3) is 5.91 Å². The van der Waals surface area contributed by atoms with E-state index in [1.807, 2.05) is 24.3 Å². The number of piperazine rings is 1. The van der Waals surface area contributed by atoms with E-state index < -0.39 is 0 Å². The van der Waals surface area contributed by atoms with Crippen molar-refractivity contribution >= 4 is 5.91 Å². The third kappa shape index (κ3) is 6.38. The van der Waals surface area contributed by atoms with Gasteiger partial charge in [0.1, 0.15) is 50.8 Å². The molecule has 6 heteroatoms. The summed E-state index contributed by atoms with van der Waals surface area (Å²) in [4.78, 5) is 15.4. The second-order valence-corrected chi connectivity index (χ2v) is 8.39. The summed E-state index contributed by atoms with van der Waals surface area (Å²) in [5.74, 6) is 2.59. The van der Waals surface area contributed by atoms with Crippen molar-refractivity contribution in [1.29, 1.82) is 0 Å². The van der Waals surface area contributed by atoms with Gasteiger partial charge in [-0.1, -0.05) is 19.8 Å². The smallest absolute Gasteiger partial charge is 0.275 e. The number of hydrogen-bond acceptors (Lipinski definition) is 3. The molecule has 1 aliphatic carbocycles. The van der Waals surface area contributed by atoms with Gasteiger partial charge in [-0.2, -0.15) is 0 Å². The van der Waals surface area contributed by atoms with Crippen LogP contribution in [-0.4, -0.2) is 64.9 Å². The zero-order chi connectivity index (χ0) is 19.8. The Bertz CT molecular complexity index is 600. The first kappa shape index (κ1) is 20.9. The highest BCUT2D eigenvalue weighted by Crippen LogP contribution is 2.23. The molecule has 6 nitrogen and oxygen atoms in total. The van der Waals surface area contributed by atoms with E-state index in [0.717, 1.165) is 57.3 Å². The predicted molar refractivity (Wildman–Crippen MR) is 109 cm³/mol. The molecule has 1 aromatic carbocycles. The van der Waals surface area contributed by atoms with Gasteiger partial charge in [0.15, 0.2) is 6.54 Å². The molecule has 3 N–H and O–H groups in total. The van der Waals surface area contributed by atoms with E-state index in [2.05, 4.69) is 12.2 Å². The van der Waals surface area contributed by atoms with E-state index in [1.165, 1.54) is 24.2 Å². The van der Waals surface area contributed by atoms with Crippen molar-refractivity contribution < 1.29 is 24.1 Å². The lowest BCUT2D eigenvalue weighted by atomic mass is 9.86. The Labute approximate surface area is 169 Å². The van der Waals surface area contributed by atoms with E-state index in [9.17, 15) is 4.79 Å². The molecule has 3 rings (SSSR count). The van der Waals surface area contributed by atoms with E-state index in [0.29, 0.717) is 18.5 Å². The van der Waals surface area contributed by atoms with Gasteiger partial charge < -0.3 is 24.6 Å². The average molecular weight is 392 g/mol. The molecule has 28 heavy (non-hydrogen) atoms. The summed E-state index contributed by atoms with van der Waals surface area (Å²) >= 11 is 0. The van der Waals surface area contributed by atoms with E-state index in [1.54, 1.807) is 12.0 Å². The number of carbonyl (C=O) groups excluding carboxylic acids is 1. The second kappa shape index (κ2) is 10.7. The van der Waals surface area contributed by atoms with Crippen LogP contribution in [0.5, 0.6) is 11.5 Å². The molecule has 1 saturated heterocycles. The van der Waals surface area contributed by atoms with Crippen molar-refractivity contribution in [3.63, 3.8) is 0 Å². The largest absolute Gasteiger partial charge is 0.497 e. The number of methoxy groups -OCH3 is 1. The van der Waals surface area contributed by atoms with Crippen LogP contribution in [-0.2, 0) is 4.79 Å². The highest BCUT2D eigenvalue weighted by Gasteiger charge is 2.27. The topological polar surface area (TPSA) is 56.4 Å². The minimum Gasteiger partial charge on any atom is -0.497 e. The third-order valence-corrected chi connectivity index (χ3v) is 6.32. The van der Waals surface area contributed by atoms with Gasteiger partial charge >= 0.3 is 0 Å². The van der Waals surface area contributed by atoms with Crippen LogP contribution in [0.4, 0.5) is 0 Å². The molecule has 0 aromatic heterocycles. The molecule has 2 atom stereocenters. The molecule has 1 amide bonds. The molecule has 1 aliphatic heterocycles. The van der Waals surface area contributed by atoms with E-state index >= 15 is 0 Å². The first-order valence-corrected chi connectivity index (χ1v) is 10.9. The monoisotopic (exact) mass is 391 g/mol. The highest BCUT2D eigenvalue weighted by atomic mass is 16.5. The molecule has 1 saturated carbocycles. The first-order chi connectivity index (χ1) is 13.6. The second-order valence-electron chi connectivity index (χ2n) is 8.39. The number of amides is 1. The fraction of sp³-hybridized carbons (Fsp3) is 0.682. The zero-order valence-corrected chi connectivity index (χ0v) is 17.5. The third-order valence-electron chi connectivity index (χ3n) is 6.32. The van der Waals surface area contributed by atoms with Crippen molar-refractivity contribution in [1.82, 2.24) is 5.32 Å². The van der Waals surface area contributed by atoms with Crippen molar-refractivity contribution in [2.24, 2.45) is 5.92 Å². The molecule has 1 heterocycles. The Morgan fingerprint density at radius 1 is 1.04 bits per heavy atom. The Kier molecular flexibility index (Phi) is 7.98. The van der Waals surface area contributed by atoms with E-state index in [4.69, 9.17) is 9.47 Å². The molecular formula is C22H37N3O3+2. The van der Waals surface area contributed by atoms with Gasteiger partial charge in [-0.15, -0.1) is 0 Å². The van der Waals surface area contributed by atoms with Crippen LogP contribution in [0.2, 0.25) is 0 Å². The number of carbonyl (C=O) groups is 1. The number of benzene rings is 1. The summed E-state index contributed by atoms with van der Waals surface area (Å²) in [6.07, 6.45) is 4.96.